The van der Waals surface area contributed by atoms with Gasteiger partial charge in [0.1, 0.15) is 0 Å². The van der Waals surface area contributed by atoms with Crippen molar-refractivity contribution in [3.05, 3.63) is 0 Å². The van der Waals surface area contributed by atoms with Crippen molar-refractivity contribution in [3.8, 4) is 0 Å². The van der Waals surface area contributed by atoms with Crippen LogP contribution in [0.2, 0.25) is 0 Å². The lowest BCUT2D eigenvalue weighted by Gasteiger charge is -2.34. The molecule has 2 amide bonds. The summed E-state index contributed by atoms with van der Waals surface area (Å²) >= 11 is 0. The zero-order valence-electron chi connectivity index (χ0n) is 8.12. The lowest BCUT2D eigenvalue weighted by atomic mass is 10.1. The molecule has 0 aromatic carbocycles. The van der Waals surface area contributed by atoms with Gasteiger partial charge >= 0.3 is 6.03 Å². The summed E-state index contributed by atoms with van der Waals surface area (Å²) in [5, 5.41) is 2.85. The van der Waals surface area contributed by atoms with E-state index in [0.717, 1.165) is 26.1 Å². The zero-order valence-corrected chi connectivity index (χ0v) is 8.12. The van der Waals surface area contributed by atoms with Gasteiger partial charge in [-0.3, -0.25) is 0 Å². The quantitative estimate of drug-likeness (QED) is 0.626. The second-order valence-corrected chi connectivity index (χ2v) is 3.98. The molecule has 0 aromatic heterocycles. The Balaban J connectivity index is 1.95. The van der Waals surface area contributed by atoms with Gasteiger partial charge in [-0.25, -0.2) is 4.79 Å². The van der Waals surface area contributed by atoms with Gasteiger partial charge in [-0.1, -0.05) is 0 Å². The fourth-order valence-electron chi connectivity index (χ4n) is 2.23. The molecular formula is C9H17N3O. The van der Waals surface area contributed by atoms with Crippen LogP contribution in [0, 0.1) is 0 Å². The molecule has 0 radical (unpaired) electrons. The van der Waals surface area contributed by atoms with Crippen molar-refractivity contribution in [2.75, 3.05) is 33.2 Å². The molecule has 0 aromatic rings. The number of hydrogen-bond donors (Lipinski definition) is 1. The molecule has 0 saturated carbocycles. The van der Waals surface area contributed by atoms with Gasteiger partial charge in [0, 0.05) is 25.7 Å². The summed E-state index contributed by atoms with van der Waals surface area (Å²) in [6, 6.07) is 0.571. The fraction of sp³-hybridized carbons (Fsp3) is 0.889. The molecule has 1 N–H and O–H groups in total. The topological polar surface area (TPSA) is 35.6 Å². The molecule has 13 heavy (non-hydrogen) atoms. The normalized spacial score (nSPS) is 30.7. The van der Waals surface area contributed by atoms with Crippen LogP contribution < -0.4 is 5.32 Å². The van der Waals surface area contributed by atoms with Crippen LogP contribution in [0.5, 0.6) is 0 Å². The zero-order chi connectivity index (χ0) is 9.26. The molecule has 1 unspecified atom stereocenters. The van der Waals surface area contributed by atoms with Gasteiger partial charge in [-0.15, -0.1) is 0 Å². The molecule has 0 aliphatic carbocycles. The molecule has 2 saturated heterocycles. The molecule has 4 nitrogen and oxygen atoms in total. The lowest BCUT2D eigenvalue weighted by Crippen LogP contribution is -2.47. The predicted molar refractivity (Wildman–Crippen MR) is 50.6 cm³/mol. The highest BCUT2D eigenvalue weighted by Gasteiger charge is 2.29. The SMILES string of the molecule is CN1CCCC(N2CCNC2=O)C1. The summed E-state index contributed by atoms with van der Waals surface area (Å²) < 4.78 is 0. The summed E-state index contributed by atoms with van der Waals surface area (Å²) in [5.74, 6) is 0. The van der Waals surface area contributed by atoms with E-state index in [1.807, 2.05) is 4.90 Å². The smallest absolute Gasteiger partial charge is 0.317 e. The van der Waals surface area contributed by atoms with E-state index in [-0.39, 0.29) is 6.03 Å². The van der Waals surface area contributed by atoms with Crippen LogP contribution in [0.4, 0.5) is 4.79 Å². The monoisotopic (exact) mass is 183 g/mol. The number of nitrogens with zero attached hydrogens (tertiary/aromatic N) is 2. The van der Waals surface area contributed by atoms with Crippen molar-refractivity contribution in [3.63, 3.8) is 0 Å². The minimum atomic E-state index is 0.125. The maximum Gasteiger partial charge on any atom is 0.317 e. The number of carbonyl (C=O) groups is 1. The molecule has 4 heteroatoms. The molecule has 2 fully saturated rings. The van der Waals surface area contributed by atoms with Crippen molar-refractivity contribution in [2.24, 2.45) is 0 Å². The van der Waals surface area contributed by atoms with Crippen LogP contribution in [0.3, 0.4) is 0 Å². The molecule has 74 valence electrons. The highest BCUT2D eigenvalue weighted by molar-refractivity contribution is 5.76. The molecule has 2 heterocycles. The van der Waals surface area contributed by atoms with Crippen molar-refractivity contribution in [2.45, 2.75) is 18.9 Å². The third kappa shape index (κ3) is 1.77. The van der Waals surface area contributed by atoms with E-state index in [9.17, 15) is 4.79 Å². The molecule has 2 aliphatic heterocycles. The standard InChI is InChI=1S/C9H17N3O/c1-11-5-2-3-8(7-11)12-6-4-10-9(12)13/h8H,2-7H2,1H3,(H,10,13). The number of carbonyl (C=O) groups excluding carboxylic acids is 1. The Morgan fingerprint density at radius 2 is 2.31 bits per heavy atom. The highest BCUT2D eigenvalue weighted by Crippen LogP contribution is 2.16. The van der Waals surface area contributed by atoms with E-state index in [1.54, 1.807) is 0 Å². The molecule has 2 rings (SSSR count). The summed E-state index contributed by atoms with van der Waals surface area (Å²) in [6.45, 7) is 3.91. The van der Waals surface area contributed by atoms with Crippen molar-refractivity contribution < 1.29 is 4.79 Å². The van der Waals surface area contributed by atoms with E-state index in [0.29, 0.717) is 6.04 Å². The van der Waals surface area contributed by atoms with Gasteiger partial charge in [0.25, 0.3) is 0 Å². The van der Waals surface area contributed by atoms with E-state index in [2.05, 4.69) is 17.3 Å². The van der Waals surface area contributed by atoms with Crippen molar-refractivity contribution in [1.82, 2.24) is 15.1 Å². The van der Waals surface area contributed by atoms with Gasteiger partial charge < -0.3 is 15.1 Å². The van der Waals surface area contributed by atoms with Gasteiger partial charge in [0.2, 0.25) is 0 Å². The number of rotatable bonds is 1. The van der Waals surface area contributed by atoms with Crippen LogP contribution in [0.1, 0.15) is 12.8 Å². The summed E-state index contributed by atoms with van der Waals surface area (Å²) in [7, 11) is 2.13. The maximum atomic E-state index is 11.4. The Morgan fingerprint density at radius 3 is 2.92 bits per heavy atom. The van der Waals surface area contributed by atoms with Crippen LogP contribution in [0.15, 0.2) is 0 Å². The number of likely N-dealkylation sites (N-methyl/N-ethyl adjacent to an activating group) is 1. The molecule has 0 spiro atoms. The number of likely N-dealkylation sites (tertiary alicyclic amines) is 1. The Bertz CT molecular complexity index is 207. The fourth-order valence-corrected chi connectivity index (χ4v) is 2.23. The minimum Gasteiger partial charge on any atom is -0.336 e. The summed E-state index contributed by atoms with van der Waals surface area (Å²) in [4.78, 5) is 15.7. The van der Waals surface area contributed by atoms with E-state index in [1.165, 1.54) is 13.0 Å². The van der Waals surface area contributed by atoms with Crippen LogP contribution in [-0.2, 0) is 0 Å². The minimum absolute atomic E-state index is 0.125. The molecule has 2 aliphatic rings. The van der Waals surface area contributed by atoms with E-state index < -0.39 is 0 Å². The number of nitrogens with one attached hydrogen (secondary N) is 1. The highest BCUT2D eigenvalue weighted by atomic mass is 16.2. The van der Waals surface area contributed by atoms with Crippen molar-refractivity contribution >= 4 is 6.03 Å². The van der Waals surface area contributed by atoms with Crippen LogP contribution >= 0.6 is 0 Å². The van der Waals surface area contributed by atoms with Gasteiger partial charge in [-0.2, -0.15) is 0 Å². The summed E-state index contributed by atoms with van der Waals surface area (Å²) in [5.41, 5.74) is 0. The van der Waals surface area contributed by atoms with Gasteiger partial charge in [0.15, 0.2) is 0 Å². The average molecular weight is 183 g/mol. The number of piperidine rings is 1. The first-order chi connectivity index (χ1) is 6.27. The number of hydrogen-bond acceptors (Lipinski definition) is 2. The predicted octanol–water partition coefficient (Wildman–Crippen LogP) is 0.106. The van der Waals surface area contributed by atoms with E-state index in [4.69, 9.17) is 0 Å². The number of urea groups is 1. The average Bonchev–Trinajstić information content (AvgIpc) is 2.51. The molecule has 0 bridgehead atoms. The first kappa shape index (κ1) is 8.81. The van der Waals surface area contributed by atoms with Crippen LogP contribution in [-0.4, -0.2) is 55.1 Å². The first-order valence-corrected chi connectivity index (χ1v) is 5.00. The Labute approximate surface area is 78.9 Å². The first-order valence-electron chi connectivity index (χ1n) is 5.00. The second-order valence-electron chi connectivity index (χ2n) is 3.98. The Hall–Kier alpha value is -0.770. The Kier molecular flexibility index (Phi) is 2.40. The van der Waals surface area contributed by atoms with Gasteiger partial charge in [0.05, 0.1) is 0 Å². The lowest BCUT2D eigenvalue weighted by molar-refractivity contribution is 0.142. The summed E-state index contributed by atoms with van der Waals surface area (Å²) in [6.07, 6.45) is 2.38. The third-order valence-electron chi connectivity index (χ3n) is 2.93. The third-order valence-corrected chi connectivity index (χ3v) is 2.93. The van der Waals surface area contributed by atoms with E-state index >= 15 is 0 Å². The van der Waals surface area contributed by atoms with Crippen molar-refractivity contribution in [1.29, 1.82) is 0 Å². The molecule has 1 atom stereocenters. The maximum absolute atomic E-state index is 11.4. The Morgan fingerprint density at radius 1 is 1.46 bits per heavy atom. The largest absolute Gasteiger partial charge is 0.336 e. The van der Waals surface area contributed by atoms with Gasteiger partial charge in [-0.05, 0) is 26.4 Å². The second kappa shape index (κ2) is 3.54. The van der Waals surface area contributed by atoms with Crippen LogP contribution in [0.25, 0.3) is 0 Å². The molecular weight excluding hydrogens is 166 g/mol. The number of amides is 2.